The van der Waals surface area contributed by atoms with E-state index in [0.29, 0.717) is 5.69 Å². The highest BCUT2D eigenvalue weighted by Gasteiger charge is 2.27. The molecule has 0 aromatic carbocycles. The maximum absolute atomic E-state index is 11.8. The van der Waals surface area contributed by atoms with Crippen LogP contribution in [-0.2, 0) is 17.7 Å². The first-order chi connectivity index (χ1) is 8.81. The van der Waals surface area contributed by atoms with Gasteiger partial charge in [-0.25, -0.2) is 9.78 Å². The molecule has 5 nitrogen and oxygen atoms in total. The van der Waals surface area contributed by atoms with Crippen molar-refractivity contribution in [2.45, 2.75) is 19.4 Å². The van der Waals surface area contributed by atoms with E-state index < -0.39 is 5.97 Å². The molecular formula is C13H13N3O2. The molecule has 0 radical (unpaired) electrons. The molecule has 0 aliphatic carbocycles. The highest BCUT2D eigenvalue weighted by Crippen LogP contribution is 2.28. The van der Waals surface area contributed by atoms with Gasteiger partial charge in [-0.05, 0) is 18.6 Å². The van der Waals surface area contributed by atoms with E-state index in [1.807, 2.05) is 18.2 Å². The average Bonchev–Trinajstić information content (AvgIpc) is 2.98. The Balaban J connectivity index is 2.20. The Kier molecular flexibility index (Phi) is 2.59. The molecule has 1 aliphatic rings. The number of fused-ring (bicyclic) bond motifs is 1. The van der Waals surface area contributed by atoms with Crippen molar-refractivity contribution in [2.24, 2.45) is 0 Å². The summed E-state index contributed by atoms with van der Waals surface area (Å²) in [5.74, 6) is 0.536. The topological polar surface area (TPSA) is 57.0 Å². The molecule has 0 saturated heterocycles. The number of aryl methyl sites for hydroxylation is 1. The molecule has 3 heterocycles. The predicted octanol–water partition coefficient (Wildman–Crippen LogP) is 1.68. The Hall–Kier alpha value is -2.17. The third-order valence-electron chi connectivity index (χ3n) is 3.12. The number of hydrogen-bond acceptors (Lipinski definition) is 4. The lowest BCUT2D eigenvalue weighted by Gasteiger charge is -2.06. The first-order valence-electron chi connectivity index (χ1n) is 5.90. The van der Waals surface area contributed by atoms with Crippen molar-refractivity contribution in [1.82, 2.24) is 14.5 Å². The van der Waals surface area contributed by atoms with Crippen LogP contribution >= 0.6 is 0 Å². The monoisotopic (exact) mass is 243 g/mol. The van der Waals surface area contributed by atoms with Crippen molar-refractivity contribution in [1.29, 1.82) is 0 Å². The zero-order chi connectivity index (χ0) is 12.5. The molecule has 18 heavy (non-hydrogen) atoms. The van der Waals surface area contributed by atoms with Gasteiger partial charge in [-0.2, -0.15) is 0 Å². The number of carbonyl (C=O) groups is 1. The molecule has 1 aliphatic heterocycles. The van der Waals surface area contributed by atoms with Crippen LogP contribution in [0.2, 0.25) is 0 Å². The molecule has 0 saturated carbocycles. The number of imidazole rings is 1. The Bertz CT molecular complexity index is 590. The van der Waals surface area contributed by atoms with Gasteiger partial charge in [-0.3, -0.25) is 4.98 Å². The van der Waals surface area contributed by atoms with Crippen LogP contribution in [-0.4, -0.2) is 27.6 Å². The lowest BCUT2D eigenvalue weighted by atomic mass is 10.2. The van der Waals surface area contributed by atoms with E-state index in [1.165, 1.54) is 7.11 Å². The summed E-state index contributed by atoms with van der Waals surface area (Å²) in [6.07, 6.45) is 3.67. The molecule has 0 atom stereocenters. The highest BCUT2D eigenvalue weighted by atomic mass is 16.5. The number of rotatable bonds is 2. The summed E-state index contributed by atoms with van der Waals surface area (Å²) in [5.41, 5.74) is 1.90. The number of pyridine rings is 1. The first kappa shape index (κ1) is 11.0. The predicted molar refractivity (Wildman–Crippen MR) is 65.1 cm³/mol. The van der Waals surface area contributed by atoms with E-state index in [9.17, 15) is 4.79 Å². The van der Waals surface area contributed by atoms with Crippen LogP contribution in [0.3, 0.4) is 0 Å². The Labute approximate surface area is 104 Å². The van der Waals surface area contributed by atoms with Gasteiger partial charge in [0.15, 0.2) is 5.69 Å². The zero-order valence-electron chi connectivity index (χ0n) is 10.1. The maximum atomic E-state index is 11.8. The van der Waals surface area contributed by atoms with Crippen LogP contribution in [0.1, 0.15) is 22.7 Å². The van der Waals surface area contributed by atoms with Gasteiger partial charge in [0.1, 0.15) is 11.5 Å². The fourth-order valence-corrected chi connectivity index (χ4v) is 2.33. The molecular weight excluding hydrogens is 230 g/mol. The SMILES string of the molecule is COC(=O)c1nc2n(c1-c1ccccn1)CCC2. The lowest BCUT2D eigenvalue weighted by molar-refractivity contribution is 0.0595. The van der Waals surface area contributed by atoms with Crippen LogP contribution in [0.5, 0.6) is 0 Å². The van der Waals surface area contributed by atoms with Crippen LogP contribution in [0.15, 0.2) is 24.4 Å². The minimum absolute atomic E-state index is 0.367. The summed E-state index contributed by atoms with van der Waals surface area (Å²) in [6.45, 7) is 0.880. The molecule has 2 aromatic heterocycles. The number of nitrogens with zero attached hydrogens (tertiary/aromatic N) is 3. The normalized spacial score (nSPS) is 13.4. The number of aromatic nitrogens is 3. The highest BCUT2D eigenvalue weighted by molar-refractivity contribution is 5.94. The molecule has 5 heteroatoms. The van der Waals surface area contributed by atoms with Gasteiger partial charge in [0.25, 0.3) is 0 Å². The third-order valence-corrected chi connectivity index (χ3v) is 3.12. The molecule has 0 bridgehead atoms. The number of methoxy groups -OCH3 is 1. The second kappa shape index (κ2) is 4.25. The fourth-order valence-electron chi connectivity index (χ4n) is 2.33. The van der Waals surface area contributed by atoms with Gasteiger partial charge in [-0.1, -0.05) is 6.07 Å². The standard InChI is InChI=1S/C13H13N3O2/c1-18-13(17)11-12(9-5-2-3-7-14-9)16-8-4-6-10(16)15-11/h2-3,5,7H,4,6,8H2,1H3. The molecule has 2 aromatic rings. The largest absolute Gasteiger partial charge is 0.464 e. The van der Waals surface area contributed by atoms with Crippen LogP contribution < -0.4 is 0 Å². The van der Waals surface area contributed by atoms with Crippen LogP contribution in [0.25, 0.3) is 11.4 Å². The number of hydrogen-bond donors (Lipinski definition) is 0. The summed E-state index contributed by atoms with van der Waals surface area (Å²) in [5, 5.41) is 0. The third kappa shape index (κ3) is 1.59. The first-order valence-corrected chi connectivity index (χ1v) is 5.90. The minimum Gasteiger partial charge on any atom is -0.464 e. The molecule has 0 spiro atoms. The summed E-state index contributed by atoms with van der Waals surface area (Å²) in [4.78, 5) is 20.5. The van der Waals surface area contributed by atoms with Crippen molar-refractivity contribution < 1.29 is 9.53 Å². The van der Waals surface area contributed by atoms with E-state index in [1.54, 1.807) is 6.20 Å². The van der Waals surface area contributed by atoms with E-state index in [2.05, 4.69) is 14.5 Å². The number of carbonyl (C=O) groups excluding carboxylic acids is 1. The zero-order valence-corrected chi connectivity index (χ0v) is 10.1. The van der Waals surface area contributed by atoms with Crippen molar-refractivity contribution in [3.05, 3.63) is 35.9 Å². The van der Waals surface area contributed by atoms with E-state index in [4.69, 9.17) is 4.74 Å². The van der Waals surface area contributed by atoms with Gasteiger partial charge in [0.2, 0.25) is 0 Å². The lowest BCUT2D eigenvalue weighted by Crippen LogP contribution is -2.06. The van der Waals surface area contributed by atoms with E-state index in [-0.39, 0.29) is 0 Å². The number of ether oxygens (including phenoxy) is 1. The smallest absolute Gasteiger partial charge is 0.359 e. The van der Waals surface area contributed by atoms with Gasteiger partial charge in [0.05, 0.1) is 12.8 Å². The minimum atomic E-state index is -0.405. The fraction of sp³-hybridized carbons (Fsp3) is 0.308. The van der Waals surface area contributed by atoms with Crippen molar-refractivity contribution in [2.75, 3.05) is 7.11 Å². The van der Waals surface area contributed by atoms with Gasteiger partial charge in [0, 0.05) is 19.2 Å². The van der Waals surface area contributed by atoms with E-state index >= 15 is 0 Å². The molecule has 92 valence electrons. The molecule has 0 N–H and O–H groups in total. The van der Waals surface area contributed by atoms with E-state index in [0.717, 1.165) is 36.6 Å². The summed E-state index contributed by atoms with van der Waals surface area (Å²) < 4.78 is 6.86. The van der Waals surface area contributed by atoms with Crippen LogP contribution in [0.4, 0.5) is 0 Å². The Morgan fingerprint density at radius 2 is 2.33 bits per heavy atom. The molecule has 0 unspecified atom stereocenters. The Morgan fingerprint density at radius 3 is 3.06 bits per heavy atom. The quantitative estimate of drug-likeness (QED) is 0.753. The maximum Gasteiger partial charge on any atom is 0.359 e. The second-order valence-electron chi connectivity index (χ2n) is 4.19. The van der Waals surface area contributed by atoms with Crippen molar-refractivity contribution in [3.63, 3.8) is 0 Å². The number of esters is 1. The molecule has 0 fully saturated rings. The van der Waals surface area contributed by atoms with Crippen molar-refractivity contribution in [3.8, 4) is 11.4 Å². The van der Waals surface area contributed by atoms with Gasteiger partial charge >= 0.3 is 5.97 Å². The molecule has 3 rings (SSSR count). The second-order valence-corrected chi connectivity index (χ2v) is 4.19. The van der Waals surface area contributed by atoms with Gasteiger partial charge < -0.3 is 9.30 Å². The summed E-state index contributed by atoms with van der Waals surface area (Å²) >= 11 is 0. The van der Waals surface area contributed by atoms with Gasteiger partial charge in [-0.15, -0.1) is 0 Å². The summed E-state index contributed by atoms with van der Waals surface area (Å²) in [7, 11) is 1.37. The average molecular weight is 243 g/mol. The van der Waals surface area contributed by atoms with Crippen molar-refractivity contribution >= 4 is 5.97 Å². The Morgan fingerprint density at radius 1 is 1.44 bits per heavy atom. The molecule has 0 amide bonds. The summed E-state index contributed by atoms with van der Waals surface area (Å²) in [6, 6.07) is 5.63. The van der Waals surface area contributed by atoms with Crippen LogP contribution in [0, 0.1) is 0 Å².